The summed E-state index contributed by atoms with van der Waals surface area (Å²) in [5, 5.41) is 58.1. The number of nitrogens with zero attached hydrogens (tertiary/aromatic N) is 4. The molecule has 0 aromatic carbocycles. The Bertz CT molecular complexity index is 788. The summed E-state index contributed by atoms with van der Waals surface area (Å²) >= 11 is 0. The summed E-state index contributed by atoms with van der Waals surface area (Å²) in [5.74, 6) is -7.03. The highest BCUT2D eigenvalue weighted by Gasteiger charge is 2.27. The fraction of sp³-hybridized carbons (Fsp3) is 0.739. The van der Waals surface area contributed by atoms with E-state index >= 15 is 0 Å². The van der Waals surface area contributed by atoms with Gasteiger partial charge in [0.15, 0.2) is 0 Å². The predicted molar refractivity (Wildman–Crippen MR) is 136 cm³/mol. The molecular weight excluding hydrogens is 538 g/mol. The van der Waals surface area contributed by atoms with Crippen LogP contribution < -0.4 is 5.32 Å². The molecule has 0 saturated carbocycles. The molecule has 40 heavy (non-hydrogen) atoms. The van der Waals surface area contributed by atoms with E-state index in [4.69, 9.17) is 20.4 Å². The summed E-state index contributed by atoms with van der Waals surface area (Å²) in [5.41, 5.74) is 0. The second-order valence-electron chi connectivity index (χ2n) is 9.75. The fourth-order valence-electron chi connectivity index (χ4n) is 4.63. The minimum Gasteiger partial charge on any atom is -0.480 e. The van der Waals surface area contributed by atoms with E-state index in [1.165, 1.54) is 9.80 Å². The Labute approximate surface area is 230 Å². The maximum absolute atomic E-state index is 11.4. The highest BCUT2D eigenvalue weighted by Crippen LogP contribution is 2.15. The lowest BCUT2D eigenvalue weighted by Crippen LogP contribution is -2.54. The van der Waals surface area contributed by atoms with E-state index in [1.807, 2.05) is 0 Å². The summed E-state index contributed by atoms with van der Waals surface area (Å²) in [6.45, 7) is -1.88. The Balaban J connectivity index is 2.80. The van der Waals surface area contributed by atoms with Gasteiger partial charge in [-0.25, -0.2) is 0 Å². The van der Waals surface area contributed by atoms with Crippen molar-refractivity contribution in [3.8, 4) is 0 Å². The lowest BCUT2D eigenvalue weighted by atomic mass is 9.97. The molecule has 7 N–H and O–H groups in total. The molecule has 1 saturated heterocycles. The molecular formula is C23H39N5O12. The van der Waals surface area contributed by atoms with Crippen LogP contribution in [0, 0.1) is 0 Å². The quantitative estimate of drug-likeness (QED) is 0.0687. The van der Waals surface area contributed by atoms with Crippen LogP contribution in [0.5, 0.6) is 0 Å². The molecule has 0 radical (unpaired) electrons. The number of hydrogen-bond donors (Lipinski definition) is 7. The third-order valence-electron chi connectivity index (χ3n) is 6.15. The van der Waals surface area contributed by atoms with Crippen LogP contribution in [-0.4, -0.2) is 177 Å². The Morgan fingerprint density at radius 2 is 0.725 bits per heavy atom. The maximum atomic E-state index is 11.4. The molecule has 17 heteroatoms. The normalized spacial score (nSPS) is 17.4. The smallest absolute Gasteiger partial charge is 0.317 e. The fourth-order valence-corrected chi connectivity index (χ4v) is 4.63. The summed E-state index contributed by atoms with van der Waals surface area (Å²) in [6, 6.07) is -0.347. The van der Waals surface area contributed by atoms with Crippen molar-refractivity contribution in [1.29, 1.82) is 0 Å². The summed E-state index contributed by atoms with van der Waals surface area (Å²) in [6.07, 6.45) is 2.16. The molecule has 0 spiro atoms. The largest absolute Gasteiger partial charge is 0.480 e. The van der Waals surface area contributed by atoms with Crippen LogP contribution in [0.1, 0.15) is 19.3 Å². The first-order chi connectivity index (χ1) is 18.7. The Hall–Kier alpha value is -3.38. The van der Waals surface area contributed by atoms with Gasteiger partial charge in [0.05, 0.1) is 39.3 Å². The molecule has 0 bridgehead atoms. The molecule has 228 valence electrons. The summed E-state index contributed by atoms with van der Waals surface area (Å²) in [4.78, 5) is 72.6. The zero-order chi connectivity index (χ0) is 30.2. The Kier molecular flexibility index (Phi) is 15.6. The van der Waals surface area contributed by atoms with Crippen LogP contribution >= 0.6 is 0 Å². The summed E-state index contributed by atoms with van der Waals surface area (Å²) < 4.78 is 0. The van der Waals surface area contributed by atoms with E-state index in [9.17, 15) is 39.0 Å². The molecule has 1 rings (SSSR count). The standard InChI is InChI=1S/C23H39N5O12/c29-18(30)10-25(4-6-27(12-20(33)34)13-21(35)36)8-16-2-1-3-17(24-16)9-26(11-19(31)32)5-7-28(14-22(37)38)15-23(39)40/h16-17,24H,1-15H2,(H,29,30)(H,31,32)(H,33,34)(H,35,36)(H,37,38)(H,39,40). The van der Waals surface area contributed by atoms with Crippen molar-refractivity contribution < 1.29 is 59.4 Å². The van der Waals surface area contributed by atoms with Crippen LogP contribution in [0.25, 0.3) is 0 Å². The minimum absolute atomic E-state index is 0.0254. The molecule has 0 aromatic heterocycles. The first kappa shape index (κ1) is 34.6. The summed E-state index contributed by atoms with van der Waals surface area (Å²) in [7, 11) is 0. The second-order valence-corrected chi connectivity index (χ2v) is 9.75. The van der Waals surface area contributed by atoms with Gasteiger partial charge in [0, 0.05) is 51.4 Å². The predicted octanol–water partition coefficient (Wildman–Crippen LogP) is -2.79. The van der Waals surface area contributed by atoms with Crippen molar-refractivity contribution in [3.63, 3.8) is 0 Å². The van der Waals surface area contributed by atoms with Gasteiger partial charge in [-0.15, -0.1) is 0 Å². The van der Waals surface area contributed by atoms with E-state index in [1.54, 1.807) is 9.80 Å². The SMILES string of the molecule is O=C(O)CN(CCN(CC(=O)O)CC1CCCC(CN(CCN(CC(=O)O)CC(=O)O)CC(=O)O)N1)CC(=O)O. The number of carboxylic acids is 6. The number of carboxylic acid groups (broad SMARTS) is 6. The first-order valence-electron chi connectivity index (χ1n) is 12.7. The van der Waals surface area contributed by atoms with Crippen LogP contribution in [-0.2, 0) is 28.8 Å². The molecule has 0 aliphatic carbocycles. The van der Waals surface area contributed by atoms with Gasteiger partial charge in [0.2, 0.25) is 0 Å². The van der Waals surface area contributed by atoms with Crippen LogP contribution in [0.3, 0.4) is 0 Å². The molecule has 1 aliphatic rings. The third kappa shape index (κ3) is 16.6. The molecule has 2 atom stereocenters. The van der Waals surface area contributed by atoms with Crippen molar-refractivity contribution in [2.45, 2.75) is 31.3 Å². The number of nitrogens with one attached hydrogen (secondary N) is 1. The lowest BCUT2D eigenvalue weighted by molar-refractivity contribution is -0.144. The zero-order valence-corrected chi connectivity index (χ0v) is 22.2. The van der Waals surface area contributed by atoms with Crippen molar-refractivity contribution in [2.24, 2.45) is 0 Å². The number of rotatable bonds is 22. The minimum atomic E-state index is -1.21. The van der Waals surface area contributed by atoms with Gasteiger partial charge in [-0.1, -0.05) is 6.42 Å². The van der Waals surface area contributed by atoms with Gasteiger partial charge in [-0.05, 0) is 12.8 Å². The highest BCUT2D eigenvalue weighted by molar-refractivity contribution is 5.73. The van der Waals surface area contributed by atoms with E-state index in [0.29, 0.717) is 12.8 Å². The third-order valence-corrected chi connectivity index (χ3v) is 6.15. The number of aliphatic carboxylic acids is 6. The molecule has 1 heterocycles. The Morgan fingerprint density at radius 3 is 1.00 bits per heavy atom. The van der Waals surface area contributed by atoms with Crippen LogP contribution in [0.15, 0.2) is 0 Å². The van der Waals surface area contributed by atoms with Crippen molar-refractivity contribution in [1.82, 2.24) is 24.9 Å². The number of piperidine rings is 1. The molecule has 17 nitrogen and oxygen atoms in total. The molecule has 2 unspecified atom stereocenters. The van der Waals surface area contributed by atoms with Gasteiger partial charge >= 0.3 is 35.8 Å². The topological polar surface area (TPSA) is 249 Å². The van der Waals surface area contributed by atoms with Crippen LogP contribution in [0.4, 0.5) is 0 Å². The maximum Gasteiger partial charge on any atom is 0.317 e. The van der Waals surface area contributed by atoms with E-state index < -0.39 is 62.0 Å². The molecule has 0 aromatic rings. The van der Waals surface area contributed by atoms with Crippen LogP contribution in [0.2, 0.25) is 0 Å². The van der Waals surface area contributed by atoms with Crippen molar-refractivity contribution in [3.05, 3.63) is 0 Å². The van der Waals surface area contributed by atoms with E-state index in [2.05, 4.69) is 5.32 Å². The second kappa shape index (κ2) is 18.1. The lowest BCUT2D eigenvalue weighted by Gasteiger charge is -2.37. The number of hydrogen-bond acceptors (Lipinski definition) is 11. The van der Waals surface area contributed by atoms with E-state index in [-0.39, 0.29) is 64.4 Å². The van der Waals surface area contributed by atoms with Gasteiger partial charge < -0.3 is 36.0 Å². The average Bonchev–Trinajstić information content (AvgIpc) is 2.79. The van der Waals surface area contributed by atoms with Gasteiger partial charge in [-0.3, -0.25) is 48.4 Å². The Morgan fingerprint density at radius 1 is 0.475 bits per heavy atom. The molecule has 0 amide bonds. The van der Waals surface area contributed by atoms with Gasteiger partial charge in [0.25, 0.3) is 0 Å². The monoisotopic (exact) mass is 577 g/mol. The zero-order valence-electron chi connectivity index (χ0n) is 22.2. The number of carbonyl (C=O) groups is 6. The first-order valence-corrected chi connectivity index (χ1v) is 12.7. The molecule has 1 fully saturated rings. The average molecular weight is 578 g/mol. The highest BCUT2D eigenvalue weighted by atomic mass is 16.4. The van der Waals surface area contributed by atoms with Crippen molar-refractivity contribution in [2.75, 3.05) is 78.5 Å². The van der Waals surface area contributed by atoms with Gasteiger partial charge in [-0.2, -0.15) is 0 Å². The molecule has 1 aliphatic heterocycles. The van der Waals surface area contributed by atoms with Crippen molar-refractivity contribution >= 4 is 35.8 Å². The van der Waals surface area contributed by atoms with Gasteiger partial charge in [0.1, 0.15) is 0 Å². The van der Waals surface area contributed by atoms with E-state index in [0.717, 1.165) is 6.42 Å².